The maximum absolute atomic E-state index is 11.5. The molecule has 2 nitrogen and oxygen atoms in total. The maximum Gasteiger partial charge on any atom is 0.302 e. The molecule has 0 aromatic heterocycles. The molecule has 0 aliphatic carbocycles. The van der Waals surface area contributed by atoms with Gasteiger partial charge in [-0.1, -0.05) is 122 Å². The van der Waals surface area contributed by atoms with Crippen molar-refractivity contribution in [2.75, 3.05) is 6.61 Å². The number of ether oxygens (including phenoxy) is 1. The van der Waals surface area contributed by atoms with Crippen LogP contribution in [0.3, 0.4) is 0 Å². The Hall–Kier alpha value is -2.91. The van der Waals surface area contributed by atoms with Gasteiger partial charge in [-0.3, -0.25) is 4.79 Å². The summed E-state index contributed by atoms with van der Waals surface area (Å²) >= 11 is 0. The normalized spacial score (nSPS) is 11.9. The number of allylic oxidation sites excluding steroid dienone is 1. The second-order valence-electron chi connectivity index (χ2n) is 7.81. The third-order valence-electron chi connectivity index (χ3n) is 5.73. The lowest BCUT2D eigenvalue weighted by Gasteiger charge is -2.36. The van der Waals surface area contributed by atoms with E-state index in [0.29, 0.717) is 6.61 Å². The molecule has 3 heteroatoms. The molecule has 0 radical (unpaired) electrons. The van der Waals surface area contributed by atoms with Crippen molar-refractivity contribution in [2.45, 2.75) is 39.5 Å². The molecule has 0 heterocycles. The van der Waals surface area contributed by atoms with Crippen LogP contribution in [0.4, 0.5) is 0 Å². The summed E-state index contributed by atoms with van der Waals surface area (Å²) in [6, 6.07) is 32.7. The quantitative estimate of drug-likeness (QED) is 0.201. The van der Waals surface area contributed by atoms with Crippen molar-refractivity contribution >= 4 is 29.6 Å². The Morgan fingerprint density at radius 1 is 0.806 bits per heavy atom. The van der Waals surface area contributed by atoms with E-state index in [4.69, 9.17) is 4.74 Å². The monoisotopic (exact) mass is 428 g/mol. The molecule has 3 rings (SSSR count). The Kier molecular flexibility index (Phi) is 8.42. The summed E-state index contributed by atoms with van der Waals surface area (Å²) in [5, 5.41) is 5.49. The van der Waals surface area contributed by atoms with Crippen LogP contribution in [0.5, 0.6) is 0 Å². The van der Waals surface area contributed by atoms with Gasteiger partial charge in [0.05, 0.1) is 6.61 Å². The predicted molar refractivity (Wildman–Crippen MR) is 133 cm³/mol. The van der Waals surface area contributed by atoms with Gasteiger partial charge in [0.25, 0.3) is 0 Å². The van der Waals surface area contributed by atoms with Crippen LogP contribution in [0.1, 0.15) is 39.5 Å². The molecule has 0 saturated heterocycles. The lowest BCUT2D eigenvalue weighted by atomic mass is 10.2. The minimum atomic E-state index is -2.51. The van der Waals surface area contributed by atoms with Crippen molar-refractivity contribution < 1.29 is 9.53 Å². The van der Waals surface area contributed by atoms with Gasteiger partial charge in [0, 0.05) is 6.92 Å². The molecule has 0 spiro atoms. The van der Waals surface area contributed by atoms with Crippen LogP contribution >= 0.6 is 0 Å². The molecule has 0 aliphatic rings. The van der Waals surface area contributed by atoms with Gasteiger partial charge < -0.3 is 4.74 Å². The number of carbonyl (C=O) groups excluding carboxylic acids is 1. The van der Waals surface area contributed by atoms with Crippen molar-refractivity contribution in [3.63, 3.8) is 0 Å². The highest BCUT2D eigenvalue weighted by Gasteiger charge is 2.42. The predicted octanol–water partition coefficient (Wildman–Crippen LogP) is 4.77. The third-order valence-corrected chi connectivity index (χ3v) is 10.7. The van der Waals surface area contributed by atoms with E-state index in [-0.39, 0.29) is 5.97 Å². The van der Waals surface area contributed by atoms with Crippen molar-refractivity contribution in [1.82, 2.24) is 0 Å². The summed E-state index contributed by atoms with van der Waals surface area (Å²) in [4.78, 5) is 11.5. The summed E-state index contributed by atoms with van der Waals surface area (Å²) in [7, 11) is -2.51. The van der Waals surface area contributed by atoms with Gasteiger partial charge in [0.15, 0.2) is 8.07 Å². The SMILES string of the molecule is CCCC/C=C(\CCOC(C)=O)[Si](c1ccccc1)(c1ccccc1)c1ccccc1. The Balaban J connectivity index is 2.27. The minimum Gasteiger partial charge on any atom is -0.466 e. The summed E-state index contributed by atoms with van der Waals surface area (Å²) < 4.78 is 5.42. The molecule has 0 atom stereocenters. The highest BCUT2D eigenvalue weighted by molar-refractivity contribution is 7.16. The van der Waals surface area contributed by atoms with Gasteiger partial charge in [0.2, 0.25) is 0 Å². The van der Waals surface area contributed by atoms with Gasteiger partial charge in [-0.05, 0) is 28.4 Å². The van der Waals surface area contributed by atoms with E-state index in [2.05, 4.69) is 104 Å². The summed E-state index contributed by atoms with van der Waals surface area (Å²) in [5.74, 6) is -0.223. The molecule has 160 valence electrons. The number of hydrogen-bond acceptors (Lipinski definition) is 2. The molecule has 0 fully saturated rings. The molecule has 3 aromatic rings. The average molecular weight is 429 g/mol. The second kappa shape index (κ2) is 11.5. The maximum atomic E-state index is 11.5. The Morgan fingerprint density at radius 3 is 1.65 bits per heavy atom. The van der Waals surface area contributed by atoms with E-state index in [9.17, 15) is 4.79 Å². The first-order valence-corrected chi connectivity index (χ1v) is 13.2. The van der Waals surface area contributed by atoms with Crippen LogP contribution in [0, 0.1) is 0 Å². The first kappa shape index (κ1) is 22.8. The van der Waals surface area contributed by atoms with Crippen molar-refractivity contribution in [2.24, 2.45) is 0 Å². The number of rotatable bonds is 10. The van der Waals surface area contributed by atoms with E-state index in [0.717, 1.165) is 25.7 Å². The molecular formula is C28H32O2Si. The smallest absolute Gasteiger partial charge is 0.302 e. The zero-order valence-electron chi connectivity index (χ0n) is 18.6. The summed E-state index contributed by atoms with van der Waals surface area (Å²) in [6.45, 7) is 4.12. The van der Waals surface area contributed by atoms with Gasteiger partial charge >= 0.3 is 5.97 Å². The van der Waals surface area contributed by atoms with E-state index in [1.165, 1.54) is 27.7 Å². The molecule has 0 unspecified atom stereocenters. The van der Waals surface area contributed by atoms with Gasteiger partial charge in [0.1, 0.15) is 0 Å². The molecule has 3 aromatic carbocycles. The second-order valence-corrected chi connectivity index (χ2v) is 11.7. The number of hydrogen-bond donors (Lipinski definition) is 0. The van der Waals surface area contributed by atoms with E-state index in [1.807, 2.05) is 0 Å². The molecule has 0 N–H and O–H groups in total. The minimum absolute atomic E-state index is 0.223. The van der Waals surface area contributed by atoms with E-state index >= 15 is 0 Å². The standard InChI is InChI=1S/C28H32O2Si/c1-3-4-8-15-28(22-23-30-24(2)29)31(25-16-9-5-10-17-25,26-18-11-6-12-19-26)27-20-13-7-14-21-27/h5-7,9-21H,3-4,8,22-23H2,1-2H3/b28-15+. The Bertz CT molecular complexity index is 869. The highest BCUT2D eigenvalue weighted by atomic mass is 28.3. The molecule has 0 amide bonds. The molecule has 31 heavy (non-hydrogen) atoms. The Labute approximate surface area is 187 Å². The lowest BCUT2D eigenvalue weighted by molar-refractivity contribution is -0.140. The van der Waals surface area contributed by atoms with Crippen LogP contribution < -0.4 is 15.6 Å². The number of esters is 1. The molecule has 0 bridgehead atoms. The average Bonchev–Trinajstić information content (AvgIpc) is 2.81. The fourth-order valence-electron chi connectivity index (χ4n) is 4.35. The zero-order valence-corrected chi connectivity index (χ0v) is 19.6. The third kappa shape index (κ3) is 5.42. The van der Waals surface area contributed by atoms with Crippen LogP contribution in [-0.2, 0) is 9.53 Å². The fourth-order valence-corrected chi connectivity index (χ4v) is 9.47. The number of benzene rings is 3. The van der Waals surface area contributed by atoms with Crippen LogP contribution in [-0.4, -0.2) is 20.7 Å². The number of unbranched alkanes of at least 4 members (excludes halogenated alkanes) is 2. The van der Waals surface area contributed by atoms with Crippen LogP contribution in [0.25, 0.3) is 0 Å². The molecule has 0 saturated carbocycles. The lowest BCUT2D eigenvalue weighted by Crippen LogP contribution is -2.68. The molecular weight excluding hydrogens is 396 g/mol. The number of carbonyl (C=O) groups is 1. The fraction of sp³-hybridized carbons (Fsp3) is 0.250. The largest absolute Gasteiger partial charge is 0.466 e. The van der Waals surface area contributed by atoms with Crippen molar-refractivity contribution in [3.05, 3.63) is 102 Å². The highest BCUT2D eigenvalue weighted by Crippen LogP contribution is 2.22. The van der Waals surface area contributed by atoms with Gasteiger partial charge in [-0.15, -0.1) is 0 Å². The van der Waals surface area contributed by atoms with E-state index in [1.54, 1.807) is 0 Å². The Morgan fingerprint density at radius 2 is 1.26 bits per heavy atom. The molecule has 0 aliphatic heterocycles. The van der Waals surface area contributed by atoms with Crippen LogP contribution in [0.15, 0.2) is 102 Å². The van der Waals surface area contributed by atoms with Gasteiger partial charge in [-0.25, -0.2) is 0 Å². The van der Waals surface area contributed by atoms with E-state index < -0.39 is 8.07 Å². The zero-order chi connectivity index (χ0) is 21.9. The topological polar surface area (TPSA) is 26.3 Å². The first-order chi connectivity index (χ1) is 15.2. The summed E-state index contributed by atoms with van der Waals surface area (Å²) in [5.41, 5.74) is 0. The first-order valence-electron chi connectivity index (χ1n) is 11.2. The van der Waals surface area contributed by atoms with Crippen molar-refractivity contribution in [3.8, 4) is 0 Å². The summed E-state index contributed by atoms with van der Waals surface area (Å²) in [6.07, 6.45) is 6.53. The van der Waals surface area contributed by atoms with Crippen molar-refractivity contribution in [1.29, 1.82) is 0 Å². The van der Waals surface area contributed by atoms with Crippen LogP contribution in [0.2, 0.25) is 0 Å². The van der Waals surface area contributed by atoms with Gasteiger partial charge in [-0.2, -0.15) is 0 Å².